The van der Waals surface area contributed by atoms with Gasteiger partial charge in [-0.05, 0) is 12.5 Å². The molecule has 1 aromatic carbocycles. The maximum absolute atomic E-state index is 12.2. The van der Waals surface area contributed by atoms with Crippen LogP contribution in [0.2, 0.25) is 0 Å². The van der Waals surface area contributed by atoms with Crippen LogP contribution in [-0.2, 0) is 11.3 Å². The largest absolute Gasteiger partial charge is 1.00 e. The van der Waals surface area contributed by atoms with Crippen molar-refractivity contribution in [1.29, 1.82) is 0 Å². The number of Topliss-reactive ketones (excluding diaryl/α,β-unsaturated/α-hetero) is 1. The molecule has 0 bridgehead atoms. The van der Waals surface area contributed by atoms with Crippen LogP contribution < -0.4 is 12.4 Å². The Bertz CT molecular complexity index is 426. The van der Waals surface area contributed by atoms with Crippen LogP contribution >= 0.6 is 0 Å². The fourth-order valence-electron chi connectivity index (χ4n) is 2.45. The van der Waals surface area contributed by atoms with E-state index in [1.165, 1.54) is 5.56 Å². The van der Waals surface area contributed by atoms with Gasteiger partial charge in [0.05, 0.1) is 14.1 Å². The van der Waals surface area contributed by atoms with Crippen molar-refractivity contribution in [3.05, 3.63) is 48.0 Å². The summed E-state index contributed by atoms with van der Waals surface area (Å²) in [7, 11) is 4.23. The molecule has 0 saturated heterocycles. The summed E-state index contributed by atoms with van der Waals surface area (Å²) in [5, 5.41) is 0. The maximum Gasteiger partial charge on any atom is 0.215 e. The molecule has 0 radical (unpaired) electrons. The molecule has 0 spiro atoms. The predicted molar refractivity (Wildman–Crippen MR) is 76.2 cm³/mol. The number of halogens is 1. The minimum atomic E-state index is -0.0114. The molecule has 1 rings (SSSR count). The van der Waals surface area contributed by atoms with Crippen LogP contribution in [0.15, 0.2) is 42.5 Å². The quantitative estimate of drug-likeness (QED) is 0.538. The van der Waals surface area contributed by atoms with Gasteiger partial charge in [-0.15, -0.1) is 0 Å². The fourth-order valence-corrected chi connectivity index (χ4v) is 2.45. The van der Waals surface area contributed by atoms with E-state index in [1.807, 2.05) is 18.2 Å². The standard InChI is InChI=1S/C16H24NO.ClH/c1-6-15(16(18)13(2)3)17(4,5)12-14-10-8-7-9-11-14;/h7-11,15H,2,6,12H2,1,3-5H3;1H/q+1;/p-1. The zero-order valence-electron chi connectivity index (χ0n) is 12.3. The highest BCUT2D eigenvalue weighted by atomic mass is 35.5. The number of hydrogen-bond donors (Lipinski definition) is 0. The molecule has 1 unspecified atom stereocenters. The van der Waals surface area contributed by atoms with Gasteiger partial charge in [0.15, 0.2) is 6.04 Å². The van der Waals surface area contributed by atoms with Gasteiger partial charge in [0, 0.05) is 12.0 Å². The molecule has 1 aromatic rings. The Labute approximate surface area is 123 Å². The van der Waals surface area contributed by atoms with Crippen molar-refractivity contribution in [1.82, 2.24) is 0 Å². The van der Waals surface area contributed by atoms with E-state index >= 15 is 0 Å². The molecule has 0 fully saturated rings. The van der Waals surface area contributed by atoms with E-state index < -0.39 is 0 Å². The zero-order chi connectivity index (χ0) is 13.8. The normalized spacial score (nSPS) is 12.4. The van der Waals surface area contributed by atoms with Crippen molar-refractivity contribution in [3.63, 3.8) is 0 Å². The van der Waals surface area contributed by atoms with Crippen molar-refractivity contribution < 1.29 is 21.7 Å². The smallest absolute Gasteiger partial charge is 0.215 e. The number of carbonyl (C=O) groups excluding carboxylic acids is 1. The highest BCUT2D eigenvalue weighted by Crippen LogP contribution is 2.19. The van der Waals surface area contributed by atoms with Crippen molar-refractivity contribution in [3.8, 4) is 0 Å². The van der Waals surface area contributed by atoms with Gasteiger partial charge in [-0.2, -0.15) is 0 Å². The summed E-state index contributed by atoms with van der Waals surface area (Å²) < 4.78 is 0.673. The van der Waals surface area contributed by atoms with Gasteiger partial charge in [-0.3, -0.25) is 4.79 Å². The maximum atomic E-state index is 12.2. The second-order valence-corrected chi connectivity index (χ2v) is 5.49. The summed E-state index contributed by atoms with van der Waals surface area (Å²) in [5.41, 5.74) is 1.91. The molecule has 0 aliphatic carbocycles. The van der Waals surface area contributed by atoms with E-state index in [-0.39, 0.29) is 24.2 Å². The van der Waals surface area contributed by atoms with Gasteiger partial charge in [0.1, 0.15) is 6.54 Å². The second-order valence-electron chi connectivity index (χ2n) is 5.49. The van der Waals surface area contributed by atoms with Gasteiger partial charge < -0.3 is 16.9 Å². The number of rotatable bonds is 6. The summed E-state index contributed by atoms with van der Waals surface area (Å²) >= 11 is 0. The van der Waals surface area contributed by atoms with E-state index in [1.54, 1.807) is 6.92 Å². The Balaban J connectivity index is 0.00000324. The number of hydrogen-bond acceptors (Lipinski definition) is 1. The Kier molecular flexibility index (Phi) is 7.02. The number of nitrogens with zero attached hydrogens (tertiary/aromatic N) is 1. The lowest BCUT2D eigenvalue weighted by Gasteiger charge is -2.37. The van der Waals surface area contributed by atoms with Crippen LogP contribution in [0.25, 0.3) is 0 Å². The minimum Gasteiger partial charge on any atom is -1.00 e. The van der Waals surface area contributed by atoms with Gasteiger partial charge in [-0.25, -0.2) is 0 Å². The predicted octanol–water partition coefficient (Wildman–Crippen LogP) is 0.191. The van der Waals surface area contributed by atoms with E-state index in [2.05, 4.69) is 39.7 Å². The van der Waals surface area contributed by atoms with E-state index in [0.29, 0.717) is 10.1 Å². The topological polar surface area (TPSA) is 17.1 Å². The summed E-state index contributed by atoms with van der Waals surface area (Å²) in [4.78, 5) is 12.2. The van der Waals surface area contributed by atoms with Crippen molar-refractivity contribution in [2.24, 2.45) is 0 Å². The average Bonchev–Trinajstić information content (AvgIpc) is 2.29. The van der Waals surface area contributed by atoms with Gasteiger partial charge in [0.25, 0.3) is 0 Å². The zero-order valence-corrected chi connectivity index (χ0v) is 13.1. The Morgan fingerprint density at radius 1 is 1.26 bits per heavy atom. The molecule has 0 saturated carbocycles. The first-order valence-corrected chi connectivity index (χ1v) is 6.44. The average molecular weight is 282 g/mol. The summed E-state index contributed by atoms with van der Waals surface area (Å²) in [6, 6.07) is 10.3. The van der Waals surface area contributed by atoms with Crippen LogP contribution in [0.1, 0.15) is 25.8 Å². The van der Waals surface area contributed by atoms with Crippen LogP contribution in [0, 0.1) is 0 Å². The lowest BCUT2D eigenvalue weighted by Crippen LogP contribution is -3.00. The van der Waals surface area contributed by atoms with Gasteiger partial charge in [0.2, 0.25) is 5.78 Å². The van der Waals surface area contributed by atoms with Gasteiger partial charge >= 0.3 is 0 Å². The minimum absolute atomic E-state index is 0. The van der Waals surface area contributed by atoms with E-state index in [9.17, 15) is 4.79 Å². The molecule has 0 aromatic heterocycles. The molecular formula is C16H24ClNO. The van der Waals surface area contributed by atoms with Crippen molar-refractivity contribution >= 4 is 5.78 Å². The molecule has 0 aliphatic heterocycles. The first kappa shape index (κ1) is 17.9. The lowest BCUT2D eigenvalue weighted by molar-refractivity contribution is -0.918. The lowest BCUT2D eigenvalue weighted by atomic mass is 10.0. The molecule has 19 heavy (non-hydrogen) atoms. The molecule has 0 N–H and O–H groups in total. The molecule has 0 amide bonds. The number of carbonyl (C=O) groups is 1. The summed E-state index contributed by atoms with van der Waals surface area (Å²) in [6.45, 7) is 8.51. The first-order valence-electron chi connectivity index (χ1n) is 6.44. The van der Waals surface area contributed by atoms with Crippen molar-refractivity contribution in [2.75, 3.05) is 14.1 Å². The second kappa shape index (κ2) is 7.46. The highest BCUT2D eigenvalue weighted by Gasteiger charge is 2.33. The summed E-state index contributed by atoms with van der Waals surface area (Å²) in [6.07, 6.45) is 0.839. The van der Waals surface area contributed by atoms with Crippen molar-refractivity contribution in [2.45, 2.75) is 32.9 Å². The molecule has 106 valence electrons. The molecule has 0 aliphatic rings. The Hall–Kier alpha value is -1.12. The van der Waals surface area contributed by atoms with Crippen LogP contribution in [-0.4, -0.2) is 30.4 Å². The SMILES string of the molecule is C=C(C)C(=O)C(CC)[N+](C)(C)Cc1ccccc1.[Cl-]. The Morgan fingerprint density at radius 2 is 1.79 bits per heavy atom. The number of ketones is 1. The first-order chi connectivity index (χ1) is 8.38. The van der Waals surface area contributed by atoms with Crippen LogP contribution in [0.5, 0.6) is 0 Å². The highest BCUT2D eigenvalue weighted by molar-refractivity contribution is 5.97. The van der Waals surface area contributed by atoms with Crippen LogP contribution in [0.4, 0.5) is 0 Å². The third kappa shape index (κ3) is 4.81. The fraction of sp³-hybridized carbons (Fsp3) is 0.438. The van der Waals surface area contributed by atoms with Gasteiger partial charge in [-0.1, -0.05) is 43.8 Å². The number of benzene rings is 1. The van der Waals surface area contributed by atoms with Crippen LogP contribution in [0.3, 0.4) is 0 Å². The molecule has 0 heterocycles. The number of likely N-dealkylation sites (N-methyl/N-ethyl adjacent to an activating group) is 1. The number of quaternary nitrogens is 1. The van der Waals surface area contributed by atoms with E-state index in [4.69, 9.17) is 0 Å². The molecule has 3 heteroatoms. The molecular weight excluding hydrogens is 258 g/mol. The van der Waals surface area contributed by atoms with E-state index in [0.717, 1.165) is 13.0 Å². The Morgan fingerprint density at radius 3 is 2.21 bits per heavy atom. The summed E-state index contributed by atoms with van der Waals surface area (Å²) in [5.74, 6) is 0.179. The molecule has 1 atom stereocenters. The molecule has 2 nitrogen and oxygen atoms in total. The third-order valence-corrected chi connectivity index (χ3v) is 3.39. The third-order valence-electron chi connectivity index (χ3n) is 3.39. The monoisotopic (exact) mass is 281 g/mol.